The number of benzene rings is 1. The summed E-state index contributed by atoms with van der Waals surface area (Å²) >= 11 is 0. The molecule has 29 heavy (non-hydrogen) atoms. The Hall–Kier alpha value is -3.85. The van der Waals surface area contributed by atoms with Crippen LogP contribution in [-0.4, -0.2) is 28.5 Å². The van der Waals surface area contributed by atoms with Crippen LogP contribution in [0.5, 0.6) is 0 Å². The Morgan fingerprint density at radius 2 is 1.97 bits per heavy atom. The van der Waals surface area contributed by atoms with E-state index in [1.54, 1.807) is 24.4 Å². The zero-order valence-electron chi connectivity index (χ0n) is 16.5. The van der Waals surface area contributed by atoms with Gasteiger partial charge in [0.15, 0.2) is 0 Å². The highest BCUT2D eigenvalue weighted by Gasteiger charge is 2.09. The molecule has 0 radical (unpaired) electrons. The molecule has 0 bridgehead atoms. The van der Waals surface area contributed by atoms with Crippen LogP contribution in [-0.2, 0) is 4.79 Å². The van der Waals surface area contributed by atoms with Crippen LogP contribution in [0.4, 0.5) is 5.82 Å². The maximum Gasteiger partial charge on any atom is 0.244 e. The molecular formula is C23H23N5O. The quantitative estimate of drug-likeness (QED) is 0.481. The predicted octanol–water partition coefficient (Wildman–Crippen LogP) is 3.60. The number of rotatable bonds is 7. The molecular weight excluding hydrogens is 362 g/mol. The van der Waals surface area contributed by atoms with Gasteiger partial charge < -0.3 is 15.2 Å². The van der Waals surface area contributed by atoms with Gasteiger partial charge in [-0.05, 0) is 55.8 Å². The SMILES string of the molecule is Cc1cc(C=CC(=O)NCCNc2ncccc2C#N)c(C)n1-c1ccccc1. The van der Waals surface area contributed by atoms with Crippen LogP contribution in [0.3, 0.4) is 0 Å². The number of hydrogen-bond donors (Lipinski definition) is 2. The summed E-state index contributed by atoms with van der Waals surface area (Å²) in [6.45, 7) is 5.00. The molecule has 3 rings (SSSR count). The number of aryl methyl sites for hydroxylation is 1. The van der Waals surface area contributed by atoms with Gasteiger partial charge in [-0.25, -0.2) is 4.98 Å². The lowest BCUT2D eigenvalue weighted by Gasteiger charge is -2.09. The van der Waals surface area contributed by atoms with Crippen LogP contribution in [0.1, 0.15) is 22.5 Å². The van der Waals surface area contributed by atoms with Crippen molar-refractivity contribution in [2.24, 2.45) is 0 Å². The molecule has 1 amide bonds. The molecule has 2 heterocycles. The third-order valence-corrected chi connectivity index (χ3v) is 4.54. The normalized spacial score (nSPS) is 10.7. The van der Waals surface area contributed by atoms with Gasteiger partial charge in [-0.2, -0.15) is 5.26 Å². The van der Waals surface area contributed by atoms with Crippen LogP contribution in [0.2, 0.25) is 0 Å². The van der Waals surface area contributed by atoms with E-state index in [2.05, 4.69) is 51.4 Å². The molecule has 146 valence electrons. The van der Waals surface area contributed by atoms with Gasteiger partial charge >= 0.3 is 0 Å². The first-order valence-electron chi connectivity index (χ1n) is 9.39. The van der Waals surface area contributed by atoms with Crippen molar-refractivity contribution in [3.05, 3.63) is 83.3 Å². The largest absolute Gasteiger partial charge is 0.367 e. The number of carbonyl (C=O) groups is 1. The molecule has 0 saturated heterocycles. The topological polar surface area (TPSA) is 82.7 Å². The molecule has 0 spiro atoms. The Balaban J connectivity index is 1.55. The molecule has 0 unspecified atom stereocenters. The van der Waals surface area contributed by atoms with Crippen molar-refractivity contribution >= 4 is 17.8 Å². The minimum Gasteiger partial charge on any atom is -0.367 e. The van der Waals surface area contributed by atoms with E-state index >= 15 is 0 Å². The average molecular weight is 385 g/mol. The van der Waals surface area contributed by atoms with Gasteiger partial charge in [0.1, 0.15) is 11.9 Å². The monoisotopic (exact) mass is 385 g/mol. The fraction of sp³-hybridized carbons (Fsp3) is 0.174. The Kier molecular flexibility index (Phi) is 6.43. The summed E-state index contributed by atoms with van der Waals surface area (Å²) < 4.78 is 2.17. The third-order valence-electron chi connectivity index (χ3n) is 4.54. The molecule has 0 aliphatic rings. The number of nitrogens with zero attached hydrogens (tertiary/aromatic N) is 3. The number of amides is 1. The second kappa shape index (κ2) is 9.38. The van der Waals surface area contributed by atoms with E-state index in [0.29, 0.717) is 24.5 Å². The summed E-state index contributed by atoms with van der Waals surface area (Å²) in [6.07, 6.45) is 4.99. The number of para-hydroxylation sites is 1. The van der Waals surface area contributed by atoms with Crippen LogP contribution in [0.15, 0.2) is 60.8 Å². The summed E-state index contributed by atoms with van der Waals surface area (Å²) in [6, 6.07) is 17.7. The highest BCUT2D eigenvalue weighted by atomic mass is 16.1. The Bertz CT molecular complexity index is 1060. The van der Waals surface area contributed by atoms with E-state index in [0.717, 1.165) is 22.6 Å². The Morgan fingerprint density at radius 1 is 1.17 bits per heavy atom. The minimum absolute atomic E-state index is 0.169. The molecule has 0 aliphatic heterocycles. The number of pyridine rings is 1. The predicted molar refractivity (Wildman–Crippen MR) is 115 cm³/mol. The number of nitrogens with one attached hydrogen (secondary N) is 2. The number of carbonyl (C=O) groups excluding carboxylic acids is 1. The first-order valence-corrected chi connectivity index (χ1v) is 9.39. The molecule has 6 nitrogen and oxygen atoms in total. The summed E-state index contributed by atoms with van der Waals surface area (Å²) in [7, 11) is 0. The summed E-state index contributed by atoms with van der Waals surface area (Å²) in [4.78, 5) is 16.2. The van der Waals surface area contributed by atoms with Crippen molar-refractivity contribution in [2.75, 3.05) is 18.4 Å². The highest BCUT2D eigenvalue weighted by Crippen LogP contribution is 2.21. The molecule has 0 fully saturated rings. The van der Waals surface area contributed by atoms with Crippen molar-refractivity contribution in [3.8, 4) is 11.8 Å². The summed E-state index contributed by atoms with van der Waals surface area (Å²) in [5, 5.41) is 14.9. The zero-order valence-corrected chi connectivity index (χ0v) is 16.5. The zero-order chi connectivity index (χ0) is 20.6. The Morgan fingerprint density at radius 3 is 2.72 bits per heavy atom. The lowest BCUT2D eigenvalue weighted by Crippen LogP contribution is -2.27. The molecule has 2 N–H and O–H groups in total. The molecule has 3 aromatic rings. The van der Waals surface area contributed by atoms with Crippen LogP contribution in [0.25, 0.3) is 11.8 Å². The smallest absolute Gasteiger partial charge is 0.244 e. The third kappa shape index (κ3) is 4.90. The van der Waals surface area contributed by atoms with E-state index in [1.165, 1.54) is 0 Å². The maximum atomic E-state index is 12.1. The standard InChI is InChI=1S/C23H23N5O/c1-17-15-19(18(2)28(17)21-8-4-3-5-9-21)10-11-22(29)25-13-14-27-23-20(16-24)7-6-12-26-23/h3-12,15H,13-14H2,1-2H3,(H,25,29)(H,26,27). The molecule has 1 aromatic carbocycles. The lowest BCUT2D eigenvalue weighted by molar-refractivity contribution is -0.116. The van der Waals surface area contributed by atoms with E-state index in [-0.39, 0.29) is 5.91 Å². The van der Waals surface area contributed by atoms with Gasteiger partial charge in [0.05, 0.1) is 5.56 Å². The van der Waals surface area contributed by atoms with Gasteiger partial charge in [0.2, 0.25) is 5.91 Å². The molecule has 2 aromatic heterocycles. The van der Waals surface area contributed by atoms with Gasteiger partial charge in [-0.15, -0.1) is 0 Å². The van der Waals surface area contributed by atoms with Gasteiger partial charge in [-0.1, -0.05) is 18.2 Å². The van der Waals surface area contributed by atoms with Gasteiger partial charge in [0.25, 0.3) is 0 Å². The molecule has 0 saturated carbocycles. The van der Waals surface area contributed by atoms with Crippen molar-refractivity contribution in [2.45, 2.75) is 13.8 Å². The summed E-state index contributed by atoms with van der Waals surface area (Å²) in [5.41, 5.74) is 4.78. The first kappa shape index (κ1) is 19.9. The van der Waals surface area contributed by atoms with E-state index < -0.39 is 0 Å². The average Bonchev–Trinajstić information content (AvgIpc) is 3.03. The number of anilines is 1. The second-order valence-corrected chi connectivity index (χ2v) is 6.56. The van der Waals surface area contributed by atoms with Crippen LogP contribution < -0.4 is 10.6 Å². The number of nitriles is 1. The fourth-order valence-corrected chi connectivity index (χ4v) is 3.16. The maximum absolute atomic E-state index is 12.1. The molecule has 0 aliphatic carbocycles. The Labute approximate surface area is 170 Å². The first-order chi connectivity index (χ1) is 14.1. The van der Waals surface area contributed by atoms with Crippen LogP contribution in [0, 0.1) is 25.2 Å². The van der Waals surface area contributed by atoms with Crippen LogP contribution >= 0.6 is 0 Å². The lowest BCUT2D eigenvalue weighted by atomic mass is 10.2. The number of hydrogen-bond acceptors (Lipinski definition) is 4. The summed E-state index contributed by atoms with van der Waals surface area (Å²) in [5.74, 6) is 0.353. The minimum atomic E-state index is -0.169. The van der Waals surface area contributed by atoms with Gasteiger partial charge in [0, 0.05) is 42.4 Å². The molecule has 0 atom stereocenters. The highest BCUT2D eigenvalue weighted by molar-refractivity contribution is 5.91. The fourth-order valence-electron chi connectivity index (χ4n) is 3.16. The van der Waals surface area contributed by atoms with Crippen molar-refractivity contribution < 1.29 is 4.79 Å². The van der Waals surface area contributed by atoms with Crippen molar-refractivity contribution in [3.63, 3.8) is 0 Å². The van der Waals surface area contributed by atoms with Gasteiger partial charge in [-0.3, -0.25) is 4.79 Å². The molecule has 6 heteroatoms. The van der Waals surface area contributed by atoms with Crippen molar-refractivity contribution in [1.29, 1.82) is 5.26 Å². The van der Waals surface area contributed by atoms with Crippen molar-refractivity contribution in [1.82, 2.24) is 14.9 Å². The van der Waals surface area contributed by atoms with E-state index in [4.69, 9.17) is 5.26 Å². The van der Waals surface area contributed by atoms with E-state index in [9.17, 15) is 4.79 Å². The second-order valence-electron chi connectivity index (χ2n) is 6.56. The number of aromatic nitrogens is 2. The van der Waals surface area contributed by atoms with E-state index in [1.807, 2.05) is 31.2 Å².